The van der Waals surface area contributed by atoms with Gasteiger partial charge in [-0.1, -0.05) is 12.2 Å². The third-order valence-electron chi connectivity index (χ3n) is 2.28. The third kappa shape index (κ3) is 2.64. The Morgan fingerprint density at radius 3 is 2.55 bits per heavy atom. The largest absolute Gasteiger partial charge is 0.391 e. The van der Waals surface area contributed by atoms with Crippen LogP contribution in [0.1, 0.15) is 25.7 Å². The van der Waals surface area contributed by atoms with Crippen molar-refractivity contribution < 1.29 is 5.11 Å². The van der Waals surface area contributed by atoms with Crippen LogP contribution in [0, 0.1) is 0 Å². The highest BCUT2D eigenvalue weighted by Gasteiger charge is 2.16. The quantitative estimate of drug-likeness (QED) is 0.555. The van der Waals surface area contributed by atoms with Gasteiger partial charge in [0.1, 0.15) is 0 Å². The minimum atomic E-state index is -0.162. The fourth-order valence-electron chi connectivity index (χ4n) is 1.51. The maximum absolute atomic E-state index is 9.58. The molecule has 64 valence electrons. The minimum absolute atomic E-state index is 0.162. The molecule has 0 aromatic carbocycles. The summed E-state index contributed by atoms with van der Waals surface area (Å²) in [7, 11) is 1.92. The van der Waals surface area contributed by atoms with Gasteiger partial charge in [0.2, 0.25) is 0 Å². The van der Waals surface area contributed by atoms with Gasteiger partial charge in [0.05, 0.1) is 6.10 Å². The molecule has 0 aromatic heterocycles. The predicted octanol–water partition coefficient (Wildman–Crippen LogP) is 1.07. The smallest absolute Gasteiger partial charge is 0.0696 e. The van der Waals surface area contributed by atoms with Crippen LogP contribution in [-0.2, 0) is 0 Å². The summed E-state index contributed by atoms with van der Waals surface area (Å²) in [4.78, 5) is 0. The molecule has 0 saturated heterocycles. The van der Waals surface area contributed by atoms with Crippen molar-refractivity contribution in [2.24, 2.45) is 0 Å². The van der Waals surface area contributed by atoms with E-state index in [2.05, 4.69) is 17.5 Å². The van der Waals surface area contributed by atoms with E-state index in [0.717, 1.165) is 25.7 Å². The van der Waals surface area contributed by atoms with Gasteiger partial charge in [-0.15, -0.1) is 0 Å². The standard InChI is InChI=1S/C9H17NO/c1-10-8-6-4-2-3-5-7-9(8)11/h2-3,8-11H,4-7H2,1H3/t8-,9-/m0/s1. The maximum Gasteiger partial charge on any atom is 0.0696 e. The summed E-state index contributed by atoms with van der Waals surface area (Å²) in [6.07, 6.45) is 8.24. The Labute approximate surface area is 68.3 Å². The number of rotatable bonds is 1. The molecule has 0 saturated carbocycles. The monoisotopic (exact) mass is 155 g/mol. The van der Waals surface area contributed by atoms with Gasteiger partial charge in [0, 0.05) is 6.04 Å². The van der Waals surface area contributed by atoms with Gasteiger partial charge in [-0.05, 0) is 32.7 Å². The summed E-state index contributed by atoms with van der Waals surface area (Å²) in [6.45, 7) is 0. The van der Waals surface area contributed by atoms with Crippen LogP contribution in [0.2, 0.25) is 0 Å². The lowest BCUT2D eigenvalue weighted by atomic mass is 9.98. The van der Waals surface area contributed by atoms with E-state index in [1.165, 1.54) is 0 Å². The number of hydrogen-bond acceptors (Lipinski definition) is 2. The molecule has 2 nitrogen and oxygen atoms in total. The molecule has 0 radical (unpaired) electrons. The maximum atomic E-state index is 9.58. The summed E-state index contributed by atoms with van der Waals surface area (Å²) in [5.41, 5.74) is 0. The van der Waals surface area contributed by atoms with Crippen LogP contribution >= 0.6 is 0 Å². The van der Waals surface area contributed by atoms with Crippen molar-refractivity contribution in [3.8, 4) is 0 Å². The van der Waals surface area contributed by atoms with Crippen LogP contribution in [0.5, 0.6) is 0 Å². The topological polar surface area (TPSA) is 32.3 Å². The Hall–Kier alpha value is -0.340. The SMILES string of the molecule is CN[C@H]1CCC=CCC[C@@H]1O. The molecule has 2 atom stereocenters. The molecule has 0 heterocycles. The van der Waals surface area contributed by atoms with Gasteiger partial charge in [-0.2, -0.15) is 0 Å². The summed E-state index contributed by atoms with van der Waals surface area (Å²) in [5, 5.41) is 12.7. The molecule has 0 unspecified atom stereocenters. The van der Waals surface area contributed by atoms with Crippen molar-refractivity contribution in [1.82, 2.24) is 5.32 Å². The van der Waals surface area contributed by atoms with E-state index in [4.69, 9.17) is 0 Å². The molecule has 0 fully saturated rings. The van der Waals surface area contributed by atoms with Crippen LogP contribution < -0.4 is 5.32 Å². The first-order chi connectivity index (χ1) is 5.34. The molecular weight excluding hydrogens is 138 g/mol. The zero-order valence-corrected chi connectivity index (χ0v) is 7.09. The van der Waals surface area contributed by atoms with Gasteiger partial charge in [-0.25, -0.2) is 0 Å². The van der Waals surface area contributed by atoms with Crippen molar-refractivity contribution in [1.29, 1.82) is 0 Å². The zero-order chi connectivity index (χ0) is 8.10. The molecule has 0 aliphatic heterocycles. The van der Waals surface area contributed by atoms with Crippen LogP contribution in [0.25, 0.3) is 0 Å². The average molecular weight is 155 g/mol. The van der Waals surface area contributed by atoms with Crippen LogP contribution in [0.15, 0.2) is 12.2 Å². The lowest BCUT2D eigenvalue weighted by molar-refractivity contribution is 0.117. The summed E-state index contributed by atoms with van der Waals surface area (Å²) >= 11 is 0. The number of hydrogen-bond donors (Lipinski definition) is 2. The lowest BCUT2D eigenvalue weighted by Gasteiger charge is -2.22. The first-order valence-electron chi connectivity index (χ1n) is 4.35. The van der Waals surface area contributed by atoms with Crippen LogP contribution in [-0.4, -0.2) is 24.3 Å². The van der Waals surface area contributed by atoms with Crippen LogP contribution in [0.3, 0.4) is 0 Å². The van der Waals surface area contributed by atoms with Gasteiger partial charge in [0.15, 0.2) is 0 Å². The molecule has 0 amide bonds. The first kappa shape index (κ1) is 8.75. The van der Waals surface area contributed by atoms with E-state index in [9.17, 15) is 5.11 Å². The summed E-state index contributed by atoms with van der Waals surface area (Å²) < 4.78 is 0. The zero-order valence-electron chi connectivity index (χ0n) is 7.09. The Bertz CT molecular complexity index is 134. The Kier molecular flexibility index (Phi) is 3.60. The Balaban J connectivity index is 2.43. The molecule has 2 heteroatoms. The predicted molar refractivity (Wildman–Crippen MR) is 46.5 cm³/mol. The number of aliphatic hydroxyl groups is 1. The second-order valence-electron chi connectivity index (χ2n) is 3.09. The van der Waals surface area contributed by atoms with Crippen molar-refractivity contribution in [3.05, 3.63) is 12.2 Å². The molecule has 0 bridgehead atoms. The fraction of sp³-hybridized carbons (Fsp3) is 0.778. The van der Waals surface area contributed by atoms with E-state index in [1.54, 1.807) is 0 Å². The van der Waals surface area contributed by atoms with Crippen molar-refractivity contribution >= 4 is 0 Å². The highest BCUT2D eigenvalue weighted by Crippen LogP contribution is 2.12. The summed E-state index contributed by atoms with van der Waals surface area (Å²) in [6, 6.07) is 0.292. The molecular formula is C9H17NO. The molecule has 1 aliphatic carbocycles. The van der Waals surface area contributed by atoms with E-state index in [-0.39, 0.29) is 6.10 Å². The van der Waals surface area contributed by atoms with Crippen molar-refractivity contribution in [2.75, 3.05) is 7.05 Å². The summed E-state index contributed by atoms with van der Waals surface area (Å²) in [5.74, 6) is 0. The Morgan fingerprint density at radius 1 is 1.27 bits per heavy atom. The van der Waals surface area contributed by atoms with Gasteiger partial charge < -0.3 is 10.4 Å². The third-order valence-corrected chi connectivity index (χ3v) is 2.28. The molecule has 2 N–H and O–H groups in total. The van der Waals surface area contributed by atoms with E-state index < -0.39 is 0 Å². The average Bonchev–Trinajstić information content (AvgIpc) is 1.98. The molecule has 1 rings (SSSR count). The molecule has 11 heavy (non-hydrogen) atoms. The minimum Gasteiger partial charge on any atom is -0.391 e. The second-order valence-corrected chi connectivity index (χ2v) is 3.09. The van der Waals surface area contributed by atoms with Gasteiger partial charge >= 0.3 is 0 Å². The highest BCUT2D eigenvalue weighted by atomic mass is 16.3. The number of nitrogens with one attached hydrogen (secondary N) is 1. The molecule has 0 aromatic rings. The van der Waals surface area contributed by atoms with Crippen LogP contribution in [0.4, 0.5) is 0 Å². The lowest BCUT2D eigenvalue weighted by Crippen LogP contribution is -2.37. The number of allylic oxidation sites excluding steroid dienone is 2. The second kappa shape index (κ2) is 4.52. The number of aliphatic hydroxyl groups excluding tert-OH is 1. The van der Waals surface area contributed by atoms with Crippen molar-refractivity contribution in [3.63, 3.8) is 0 Å². The van der Waals surface area contributed by atoms with Gasteiger partial charge in [-0.3, -0.25) is 0 Å². The fourth-order valence-corrected chi connectivity index (χ4v) is 1.51. The molecule has 1 aliphatic rings. The molecule has 0 spiro atoms. The van der Waals surface area contributed by atoms with Crippen molar-refractivity contribution in [2.45, 2.75) is 37.8 Å². The number of likely N-dealkylation sites (N-methyl/N-ethyl adjacent to an activating group) is 1. The van der Waals surface area contributed by atoms with E-state index in [0.29, 0.717) is 6.04 Å². The Morgan fingerprint density at radius 2 is 1.91 bits per heavy atom. The van der Waals surface area contributed by atoms with E-state index in [1.807, 2.05) is 7.05 Å². The first-order valence-corrected chi connectivity index (χ1v) is 4.35. The highest BCUT2D eigenvalue weighted by molar-refractivity contribution is 4.89. The van der Waals surface area contributed by atoms with E-state index >= 15 is 0 Å². The van der Waals surface area contributed by atoms with Gasteiger partial charge in [0.25, 0.3) is 0 Å². The normalized spacial score (nSPS) is 32.9.